The monoisotopic (exact) mass is 600 g/mol. The molecule has 0 unspecified atom stereocenters. The molecule has 3 aromatic heterocycles. The van der Waals surface area contributed by atoms with Gasteiger partial charge in [0.05, 0.1) is 28.6 Å². The molecule has 0 bridgehead atoms. The van der Waals surface area contributed by atoms with Crippen LogP contribution >= 0.6 is 11.3 Å². The Labute approximate surface area is 245 Å². The number of aryl methyl sites for hydroxylation is 1. The van der Waals surface area contributed by atoms with E-state index in [1.165, 1.54) is 25.4 Å². The lowest BCUT2D eigenvalue weighted by atomic mass is 10.0. The normalized spacial score (nSPS) is 11.7. The summed E-state index contributed by atoms with van der Waals surface area (Å²) in [5.74, 6) is -0.566. The molecule has 0 aliphatic carbocycles. The van der Waals surface area contributed by atoms with Gasteiger partial charge in [0.15, 0.2) is 11.6 Å². The van der Waals surface area contributed by atoms with Gasteiger partial charge in [-0.05, 0) is 30.5 Å². The fourth-order valence-electron chi connectivity index (χ4n) is 4.78. The molecule has 0 aliphatic rings. The first-order valence-corrected chi connectivity index (χ1v) is 15.6. The molecular weight excluding hydrogens is 575 g/mol. The molecule has 0 radical (unpaired) electrons. The van der Waals surface area contributed by atoms with Crippen molar-refractivity contribution in [3.05, 3.63) is 89.9 Å². The molecule has 1 N–H and O–H groups in total. The van der Waals surface area contributed by atoms with E-state index in [-0.39, 0.29) is 28.7 Å². The van der Waals surface area contributed by atoms with Crippen LogP contribution in [0.1, 0.15) is 15.9 Å². The zero-order valence-electron chi connectivity index (χ0n) is 23.1. The fourth-order valence-corrected chi connectivity index (χ4v) is 6.34. The number of anilines is 1. The Kier molecular flexibility index (Phi) is 6.78. The summed E-state index contributed by atoms with van der Waals surface area (Å²) in [6, 6.07) is 20.2. The number of aromatic nitrogens is 2. The zero-order valence-corrected chi connectivity index (χ0v) is 24.7. The van der Waals surface area contributed by atoms with Crippen molar-refractivity contribution in [2.75, 3.05) is 24.7 Å². The highest BCUT2D eigenvalue weighted by molar-refractivity contribution is 7.92. The van der Waals surface area contributed by atoms with Crippen molar-refractivity contribution in [2.24, 2.45) is 0 Å². The van der Waals surface area contributed by atoms with E-state index in [1.807, 2.05) is 61.5 Å². The molecule has 6 rings (SSSR count). The molecule has 42 heavy (non-hydrogen) atoms. The molecule has 11 heteroatoms. The Morgan fingerprint density at radius 1 is 1.07 bits per heavy atom. The van der Waals surface area contributed by atoms with Crippen molar-refractivity contribution in [3.63, 3.8) is 0 Å². The summed E-state index contributed by atoms with van der Waals surface area (Å²) in [5, 5.41) is 4.05. The molecule has 0 aliphatic heterocycles. The molecule has 3 aromatic carbocycles. The summed E-state index contributed by atoms with van der Waals surface area (Å²) in [6.07, 6.45) is 2.15. The maximum Gasteiger partial charge on any atom is 0.255 e. The van der Waals surface area contributed by atoms with Crippen molar-refractivity contribution in [3.8, 4) is 33.3 Å². The summed E-state index contributed by atoms with van der Waals surface area (Å²) in [6.45, 7) is 1.96. The maximum absolute atomic E-state index is 15.1. The number of fused-ring (bicyclic) bond motifs is 2. The number of benzene rings is 3. The largest absolute Gasteiger partial charge is 0.455 e. The second-order valence-electron chi connectivity index (χ2n) is 9.89. The van der Waals surface area contributed by atoms with E-state index < -0.39 is 15.8 Å². The number of rotatable bonds is 6. The molecule has 0 fully saturated rings. The van der Waals surface area contributed by atoms with E-state index in [9.17, 15) is 13.2 Å². The average Bonchev–Trinajstić information content (AvgIpc) is 3.57. The van der Waals surface area contributed by atoms with E-state index in [4.69, 9.17) is 4.42 Å². The van der Waals surface area contributed by atoms with E-state index in [0.29, 0.717) is 32.7 Å². The quantitative estimate of drug-likeness (QED) is 0.230. The van der Waals surface area contributed by atoms with Crippen molar-refractivity contribution in [1.29, 1.82) is 0 Å². The second kappa shape index (κ2) is 10.3. The minimum absolute atomic E-state index is 0.0910. The summed E-state index contributed by atoms with van der Waals surface area (Å²) < 4.78 is 48.8. The number of amides is 1. The highest BCUT2D eigenvalue weighted by Crippen LogP contribution is 2.41. The smallest absolute Gasteiger partial charge is 0.255 e. The Hall–Kier alpha value is -4.61. The first-order valence-electron chi connectivity index (χ1n) is 12.9. The standard InChI is InChI=1S/C31H25FN4O4S2/c1-17-9-11-18(12-10-17)29-27(31(37)33-2)21-14-20(23(15-24(21)40-29)36(3)42(4,38)39)30-34-16-22(32)28(35-30)26-13-19-7-5-6-8-25(19)41-26/h5-16H,1-4H3,(H,33,37). The number of sulfonamides is 1. The van der Waals surface area contributed by atoms with Crippen molar-refractivity contribution < 1.29 is 22.0 Å². The van der Waals surface area contributed by atoms with Gasteiger partial charge >= 0.3 is 0 Å². The van der Waals surface area contributed by atoms with Crippen molar-refractivity contribution in [2.45, 2.75) is 6.92 Å². The number of thiophene rings is 1. The lowest BCUT2D eigenvalue weighted by molar-refractivity contribution is 0.0964. The molecule has 0 atom stereocenters. The molecule has 6 aromatic rings. The molecular formula is C31H25FN4O4S2. The van der Waals surface area contributed by atoms with E-state index in [2.05, 4.69) is 15.3 Å². The van der Waals surface area contributed by atoms with Crippen LogP contribution in [0.2, 0.25) is 0 Å². The van der Waals surface area contributed by atoms with Crippen LogP contribution < -0.4 is 9.62 Å². The fraction of sp³-hybridized carbons (Fsp3) is 0.129. The van der Waals surface area contributed by atoms with Gasteiger partial charge in [0.1, 0.15) is 17.0 Å². The van der Waals surface area contributed by atoms with Crippen LogP contribution in [-0.2, 0) is 10.0 Å². The lowest BCUT2D eigenvalue weighted by Crippen LogP contribution is -2.25. The predicted molar refractivity (Wildman–Crippen MR) is 165 cm³/mol. The van der Waals surface area contributed by atoms with Gasteiger partial charge in [-0.15, -0.1) is 11.3 Å². The zero-order chi connectivity index (χ0) is 29.8. The van der Waals surface area contributed by atoms with Crippen LogP contribution in [-0.4, -0.2) is 44.6 Å². The minimum Gasteiger partial charge on any atom is -0.455 e. The van der Waals surface area contributed by atoms with Crippen LogP contribution in [0.4, 0.5) is 10.1 Å². The highest BCUT2D eigenvalue weighted by atomic mass is 32.2. The van der Waals surface area contributed by atoms with E-state index >= 15 is 4.39 Å². The van der Waals surface area contributed by atoms with E-state index in [0.717, 1.165) is 32.4 Å². The second-order valence-corrected chi connectivity index (χ2v) is 13.0. The molecule has 0 spiro atoms. The SMILES string of the molecule is CNC(=O)c1c(-c2ccc(C)cc2)oc2cc(N(C)S(C)(=O)=O)c(-c3ncc(F)c(-c4cc5ccccc5s4)n3)cc12. The van der Waals surface area contributed by atoms with Gasteiger partial charge in [-0.25, -0.2) is 22.8 Å². The number of hydrogen-bond donors (Lipinski definition) is 1. The topological polar surface area (TPSA) is 105 Å². The van der Waals surface area contributed by atoms with Crippen LogP contribution in [0, 0.1) is 12.7 Å². The van der Waals surface area contributed by atoms with Gasteiger partial charge in [-0.1, -0.05) is 48.0 Å². The molecule has 212 valence electrons. The number of nitrogens with zero attached hydrogens (tertiary/aromatic N) is 3. The molecule has 1 amide bonds. The third kappa shape index (κ3) is 4.80. The number of carbonyl (C=O) groups excluding carboxylic acids is 1. The third-order valence-corrected chi connectivity index (χ3v) is 9.37. The maximum atomic E-state index is 15.1. The minimum atomic E-state index is -3.74. The van der Waals surface area contributed by atoms with Gasteiger partial charge in [0.25, 0.3) is 5.91 Å². The van der Waals surface area contributed by atoms with Crippen molar-refractivity contribution in [1.82, 2.24) is 15.3 Å². The Morgan fingerprint density at radius 2 is 1.81 bits per heavy atom. The number of nitrogens with one attached hydrogen (secondary N) is 1. The summed E-state index contributed by atoms with van der Waals surface area (Å²) in [5.41, 5.74) is 2.89. The summed E-state index contributed by atoms with van der Waals surface area (Å²) in [4.78, 5) is 22.6. The van der Waals surface area contributed by atoms with E-state index in [1.54, 1.807) is 12.1 Å². The average molecular weight is 601 g/mol. The summed E-state index contributed by atoms with van der Waals surface area (Å²) >= 11 is 1.39. The third-order valence-electron chi connectivity index (χ3n) is 7.05. The molecule has 8 nitrogen and oxygen atoms in total. The molecule has 0 saturated carbocycles. The van der Waals surface area contributed by atoms with Gasteiger partial charge in [-0.2, -0.15) is 0 Å². The summed E-state index contributed by atoms with van der Waals surface area (Å²) in [7, 11) is -0.816. The number of halogens is 1. The van der Waals surface area contributed by atoms with Crippen LogP contribution in [0.3, 0.4) is 0 Å². The first kappa shape index (κ1) is 27.6. The lowest BCUT2D eigenvalue weighted by Gasteiger charge is -2.20. The molecule has 0 saturated heterocycles. The van der Waals surface area contributed by atoms with Crippen LogP contribution in [0.15, 0.2) is 77.3 Å². The van der Waals surface area contributed by atoms with Crippen molar-refractivity contribution >= 4 is 54.0 Å². The Bertz CT molecular complexity index is 2090. The highest BCUT2D eigenvalue weighted by Gasteiger charge is 2.27. The van der Waals surface area contributed by atoms with Gasteiger partial charge in [-0.3, -0.25) is 9.10 Å². The number of hydrogen-bond acceptors (Lipinski definition) is 7. The van der Waals surface area contributed by atoms with Gasteiger partial charge in [0, 0.05) is 41.4 Å². The predicted octanol–water partition coefficient (Wildman–Crippen LogP) is 6.64. The van der Waals surface area contributed by atoms with Crippen LogP contribution in [0.25, 0.3) is 54.3 Å². The number of carbonyl (C=O) groups is 1. The first-order chi connectivity index (χ1) is 20.0. The van der Waals surface area contributed by atoms with Crippen LogP contribution in [0.5, 0.6) is 0 Å². The Morgan fingerprint density at radius 3 is 2.50 bits per heavy atom. The van der Waals surface area contributed by atoms with Gasteiger partial charge in [0.2, 0.25) is 10.0 Å². The Balaban J connectivity index is 1.63. The van der Waals surface area contributed by atoms with Gasteiger partial charge < -0.3 is 9.73 Å². The number of furan rings is 1. The molecule has 3 heterocycles.